The molecule has 0 saturated carbocycles. The Hall–Kier alpha value is -2.31. The summed E-state index contributed by atoms with van der Waals surface area (Å²) in [5, 5.41) is 9.55. The first-order valence-electron chi connectivity index (χ1n) is 7.74. The molecule has 1 aromatic heterocycles. The van der Waals surface area contributed by atoms with Gasteiger partial charge in [-0.1, -0.05) is 29.4 Å². The lowest BCUT2D eigenvalue weighted by Gasteiger charge is -2.10. The van der Waals surface area contributed by atoms with Crippen LogP contribution < -0.4 is 9.47 Å². The maximum Gasteiger partial charge on any atom is 0.132 e. The number of aromatic nitrogens is 2. The van der Waals surface area contributed by atoms with E-state index in [1.165, 1.54) is 17.8 Å². The van der Waals surface area contributed by atoms with Crippen LogP contribution in [0.3, 0.4) is 0 Å². The average Bonchev–Trinajstić information content (AvgIpc) is 2.67. The molecule has 0 fully saturated rings. The molecule has 0 atom stereocenters. The normalized spacial score (nSPS) is 10.6. The van der Waals surface area contributed by atoms with Crippen LogP contribution >= 0.6 is 23.4 Å². The fraction of sp³-hybridized carbons (Fsp3) is 0.158. The summed E-state index contributed by atoms with van der Waals surface area (Å²) < 4.78 is 24.4. The SMILES string of the molecule is COc1ccc(-c2ccc(SCc3c(F)cccc3Cl)nn2)c(OC)c1. The number of rotatable bonds is 6. The predicted molar refractivity (Wildman–Crippen MR) is 102 cm³/mol. The van der Waals surface area contributed by atoms with Crippen LogP contribution in [-0.4, -0.2) is 24.4 Å². The van der Waals surface area contributed by atoms with E-state index in [-0.39, 0.29) is 5.82 Å². The Morgan fingerprint density at radius 1 is 1.04 bits per heavy atom. The molecule has 0 spiro atoms. The van der Waals surface area contributed by atoms with Gasteiger partial charge >= 0.3 is 0 Å². The quantitative estimate of drug-likeness (QED) is 0.538. The van der Waals surface area contributed by atoms with Crippen LogP contribution in [0.25, 0.3) is 11.3 Å². The van der Waals surface area contributed by atoms with E-state index in [4.69, 9.17) is 21.1 Å². The second kappa shape index (κ2) is 8.38. The van der Waals surface area contributed by atoms with Gasteiger partial charge in [0.1, 0.15) is 22.3 Å². The molecule has 3 aromatic rings. The molecule has 2 aromatic carbocycles. The average molecular weight is 391 g/mol. The van der Waals surface area contributed by atoms with Gasteiger partial charge in [0.05, 0.1) is 19.9 Å². The molecule has 0 bridgehead atoms. The van der Waals surface area contributed by atoms with Gasteiger partial charge in [0, 0.05) is 28.0 Å². The molecule has 0 saturated heterocycles. The maximum atomic E-state index is 13.8. The minimum Gasteiger partial charge on any atom is -0.497 e. The lowest BCUT2D eigenvalue weighted by atomic mass is 10.1. The number of halogens is 2. The molecule has 3 rings (SSSR count). The van der Waals surface area contributed by atoms with Crippen molar-refractivity contribution in [3.8, 4) is 22.8 Å². The lowest BCUT2D eigenvalue weighted by molar-refractivity contribution is 0.395. The van der Waals surface area contributed by atoms with E-state index >= 15 is 0 Å². The Bertz CT molecular complexity index is 886. The third-order valence-electron chi connectivity index (χ3n) is 3.75. The van der Waals surface area contributed by atoms with Crippen LogP contribution in [0.4, 0.5) is 4.39 Å². The van der Waals surface area contributed by atoms with Crippen LogP contribution in [0.15, 0.2) is 53.6 Å². The third kappa shape index (κ3) is 4.08. The summed E-state index contributed by atoms with van der Waals surface area (Å²) in [6.45, 7) is 0. The van der Waals surface area contributed by atoms with Crippen LogP contribution in [0.1, 0.15) is 5.56 Å². The van der Waals surface area contributed by atoms with Crippen molar-refractivity contribution in [1.29, 1.82) is 0 Å². The molecule has 26 heavy (non-hydrogen) atoms. The Morgan fingerprint density at radius 2 is 1.88 bits per heavy atom. The minimum absolute atomic E-state index is 0.322. The van der Waals surface area contributed by atoms with Gasteiger partial charge < -0.3 is 9.47 Å². The number of ether oxygens (including phenoxy) is 2. The van der Waals surface area contributed by atoms with Gasteiger partial charge in [-0.3, -0.25) is 0 Å². The fourth-order valence-electron chi connectivity index (χ4n) is 2.37. The summed E-state index contributed by atoms with van der Waals surface area (Å²) in [5.41, 5.74) is 1.95. The molecule has 0 aliphatic rings. The van der Waals surface area contributed by atoms with Crippen molar-refractivity contribution < 1.29 is 13.9 Å². The first kappa shape index (κ1) is 18.5. The van der Waals surface area contributed by atoms with Crippen molar-refractivity contribution in [1.82, 2.24) is 10.2 Å². The van der Waals surface area contributed by atoms with Gasteiger partial charge in [0.2, 0.25) is 0 Å². The number of thioether (sulfide) groups is 1. The topological polar surface area (TPSA) is 44.2 Å². The maximum absolute atomic E-state index is 13.8. The first-order chi connectivity index (χ1) is 12.6. The predicted octanol–water partition coefficient (Wildman–Crippen LogP) is 5.25. The molecule has 0 aliphatic carbocycles. The molecule has 4 nitrogen and oxygen atoms in total. The Balaban J connectivity index is 1.77. The largest absolute Gasteiger partial charge is 0.497 e. The third-order valence-corrected chi connectivity index (χ3v) is 5.05. The van der Waals surface area contributed by atoms with Gasteiger partial charge in [0.25, 0.3) is 0 Å². The van der Waals surface area contributed by atoms with Gasteiger partial charge in [-0.15, -0.1) is 10.2 Å². The van der Waals surface area contributed by atoms with Gasteiger partial charge in [0.15, 0.2) is 0 Å². The second-order valence-electron chi connectivity index (χ2n) is 5.31. The lowest BCUT2D eigenvalue weighted by Crippen LogP contribution is -1.95. The Morgan fingerprint density at radius 3 is 2.54 bits per heavy atom. The van der Waals surface area contributed by atoms with Crippen molar-refractivity contribution >= 4 is 23.4 Å². The second-order valence-corrected chi connectivity index (χ2v) is 6.71. The zero-order valence-electron chi connectivity index (χ0n) is 14.2. The molecule has 0 radical (unpaired) electrons. The van der Waals surface area contributed by atoms with Crippen LogP contribution in [-0.2, 0) is 5.75 Å². The van der Waals surface area contributed by atoms with Crippen molar-refractivity contribution in [2.24, 2.45) is 0 Å². The standard InChI is InChI=1S/C19H16ClFN2O2S/c1-24-12-6-7-13(18(10-12)25-2)17-8-9-19(23-22-17)26-11-14-15(20)4-3-5-16(14)21/h3-10H,11H2,1-2H3. The Labute approximate surface area is 160 Å². The van der Waals surface area contributed by atoms with E-state index in [1.807, 2.05) is 24.3 Å². The molecule has 0 aliphatic heterocycles. The number of hydrogen-bond donors (Lipinski definition) is 0. The van der Waals surface area contributed by atoms with Crippen molar-refractivity contribution in [2.45, 2.75) is 10.8 Å². The van der Waals surface area contributed by atoms with Crippen molar-refractivity contribution in [3.05, 3.63) is 64.9 Å². The summed E-state index contributed by atoms with van der Waals surface area (Å²) in [5.74, 6) is 1.41. The molecule has 0 N–H and O–H groups in total. The summed E-state index contributed by atoms with van der Waals surface area (Å²) in [7, 11) is 3.19. The highest BCUT2D eigenvalue weighted by atomic mass is 35.5. The number of methoxy groups -OCH3 is 2. The first-order valence-corrected chi connectivity index (χ1v) is 9.10. The molecular weight excluding hydrogens is 375 g/mol. The van der Waals surface area contributed by atoms with E-state index in [1.54, 1.807) is 32.4 Å². The van der Waals surface area contributed by atoms with Gasteiger partial charge in [-0.25, -0.2) is 4.39 Å². The Kier molecular flexibility index (Phi) is 5.96. The molecule has 134 valence electrons. The van der Waals surface area contributed by atoms with E-state index < -0.39 is 0 Å². The summed E-state index contributed by atoms with van der Waals surface area (Å²) in [4.78, 5) is 0. The summed E-state index contributed by atoms with van der Waals surface area (Å²) in [6, 6.07) is 13.8. The zero-order valence-corrected chi connectivity index (χ0v) is 15.8. The molecule has 0 amide bonds. The molecule has 0 unspecified atom stereocenters. The van der Waals surface area contributed by atoms with E-state index in [0.29, 0.717) is 38.6 Å². The number of benzene rings is 2. The minimum atomic E-state index is -0.322. The van der Waals surface area contributed by atoms with E-state index in [9.17, 15) is 4.39 Å². The fourth-order valence-corrected chi connectivity index (χ4v) is 3.52. The molecular formula is C19H16ClFN2O2S. The number of nitrogens with zero attached hydrogens (tertiary/aromatic N) is 2. The smallest absolute Gasteiger partial charge is 0.132 e. The highest BCUT2D eigenvalue weighted by molar-refractivity contribution is 7.98. The summed E-state index contributed by atoms with van der Waals surface area (Å²) >= 11 is 7.42. The van der Waals surface area contributed by atoms with E-state index in [0.717, 1.165) is 5.56 Å². The van der Waals surface area contributed by atoms with Gasteiger partial charge in [-0.2, -0.15) is 0 Å². The van der Waals surface area contributed by atoms with Crippen molar-refractivity contribution in [3.63, 3.8) is 0 Å². The molecule has 1 heterocycles. The van der Waals surface area contributed by atoms with Crippen molar-refractivity contribution in [2.75, 3.05) is 14.2 Å². The summed E-state index contributed by atoms with van der Waals surface area (Å²) in [6.07, 6.45) is 0. The van der Waals surface area contributed by atoms with Crippen LogP contribution in [0, 0.1) is 5.82 Å². The monoisotopic (exact) mass is 390 g/mol. The molecule has 7 heteroatoms. The highest BCUT2D eigenvalue weighted by Gasteiger charge is 2.11. The van der Waals surface area contributed by atoms with Crippen LogP contribution in [0.5, 0.6) is 11.5 Å². The number of hydrogen-bond acceptors (Lipinski definition) is 5. The zero-order chi connectivity index (χ0) is 18.5. The van der Waals surface area contributed by atoms with Crippen LogP contribution in [0.2, 0.25) is 5.02 Å². The van der Waals surface area contributed by atoms with E-state index in [2.05, 4.69) is 10.2 Å². The van der Waals surface area contributed by atoms with Gasteiger partial charge in [-0.05, 0) is 36.4 Å². The highest BCUT2D eigenvalue weighted by Crippen LogP contribution is 2.33.